The second-order valence-corrected chi connectivity index (χ2v) is 5.75. The molecule has 0 aliphatic carbocycles. The SMILES string of the molecule is COCc1cc(=S)nc(CS(C)(=O)=O)[nH]1. The van der Waals surface area contributed by atoms with E-state index in [1.165, 1.54) is 0 Å². The van der Waals surface area contributed by atoms with Gasteiger partial charge in [-0.15, -0.1) is 0 Å². The highest BCUT2D eigenvalue weighted by molar-refractivity contribution is 7.89. The van der Waals surface area contributed by atoms with Gasteiger partial charge in [0.25, 0.3) is 0 Å². The molecule has 15 heavy (non-hydrogen) atoms. The Bertz CT molecular complexity index is 493. The Balaban J connectivity index is 3.04. The van der Waals surface area contributed by atoms with Gasteiger partial charge in [0.15, 0.2) is 9.84 Å². The number of rotatable bonds is 4. The molecule has 0 bridgehead atoms. The molecule has 0 aliphatic rings. The number of nitrogens with zero attached hydrogens (tertiary/aromatic N) is 1. The first kappa shape index (κ1) is 12.3. The number of hydrogen-bond acceptors (Lipinski definition) is 5. The van der Waals surface area contributed by atoms with E-state index < -0.39 is 9.84 Å². The lowest BCUT2D eigenvalue weighted by Crippen LogP contribution is -2.07. The second-order valence-electron chi connectivity index (χ2n) is 3.19. The van der Waals surface area contributed by atoms with Crippen LogP contribution < -0.4 is 0 Å². The normalized spacial score (nSPS) is 11.6. The Morgan fingerprint density at radius 3 is 2.80 bits per heavy atom. The van der Waals surface area contributed by atoms with Crippen LogP contribution in [0.1, 0.15) is 11.5 Å². The summed E-state index contributed by atoms with van der Waals surface area (Å²) in [6.45, 7) is 0.350. The maximum Gasteiger partial charge on any atom is 0.154 e. The van der Waals surface area contributed by atoms with Crippen LogP contribution in [-0.2, 0) is 26.9 Å². The fourth-order valence-electron chi connectivity index (χ4n) is 1.11. The summed E-state index contributed by atoms with van der Waals surface area (Å²) >= 11 is 4.91. The van der Waals surface area contributed by atoms with Crippen LogP contribution in [0.4, 0.5) is 0 Å². The Hall–Kier alpha value is -0.790. The summed E-state index contributed by atoms with van der Waals surface area (Å²) in [4.78, 5) is 6.79. The molecule has 1 rings (SSSR count). The van der Waals surface area contributed by atoms with E-state index in [1.54, 1.807) is 13.2 Å². The zero-order chi connectivity index (χ0) is 11.5. The van der Waals surface area contributed by atoms with Crippen molar-refractivity contribution < 1.29 is 13.2 Å². The van der Waals surface area contributed by atoms with Gasteiger partial charge in [-0.25, -0.2) is 13.4 Å². The first-order chi connectivity index (χ1) is 6.90. The molecule has 0 saturated heterocycles. The van der Waals surface area contributed by atoms with Crippen molar-refractivity contribution >= 4 is 22.1 Å². The molecule has 1 aromatic heterocycles. The molecule has 0 spiro atoms. The molecular formula is C8H12N2O3S2. The lowest BCUT2D eigenvalue weighted by Gasteiger charge is -2.03. The van der Waals surface area contributed by atoms with E-state index in [-0.39, 0.29) is 5.75 Å². The van der Waals surface area contributed by atoms with Crippen LogP contribution in [-0.4, -0.2) is 31.8 Å². The summed E-state index contributed by atoms with van der Waals surface area (Å²) in [5, 5.41) is 0. The van der Waals surface area contributed by atoms with E-state index in [9.17, 15) is 8.42 Å². The Kier molecular flexibility index (Phi) is 3.95. The fraction of sp³-hybridized carbons (Fsp3) is 0.500. The van der Waals surface area contributed by atoms with Crippen molar-refractivity contribution in [3.8, 4) is 0 Å². The predicted molar refractivity (Wildman–Crippen MR) is 58.7 cm³/mol. The second kappa shape index (κ2) is 4.82. The van der Waals surface area contributed by atoms with Gasteiger partial charge >= 0.3 is 0 Å². The highest BCUT2D eigenvalue weighted by atomic mass is 32.2. The van der Waals surface area contributed by atoms with Gasteiger partial charge in [-0.1, -0.05) is 12.2 Å². The fourth-order valence-corrected chi connectivity index (χ4v) is 2.00. The highest BCUT2D eigenvalue weighted by Gasteiger charge is 2.07. The van der Waals surface area contributed by atoms with Crippen LogP contribution in [0.25, 0.3) is 0 Å². The molecule has 84 valence electrons. The number of sulfone groups is 1. The molecule has 1 heterocycles. The molecule has 5 nitrogen and oxygen atoms in total. The van der Waals surface area contributed by atoms with Gasteiger partial charge in [0.05, 0.1) is 6.61 Å². The lowest BCUT2D eigenvalue weighted by atomic mass is 10.4. The van der Waals surface area contributed by atoms with Crippen LogP contribution >= 0.6 is 12.2 Å². The molecule has 0 unspecified atom stereocenters. The third-order valence-corrected chi connectivity index (χ3v) is 2.55. The molecule has 0 amide bonds. The van der Waals surface area contributed by atoms with Gasteiger partial charge in [0, 0.05) is 19.1 Å². The van der Waals surface area contributed by atoms with Crippen molar-refractivity contribution in [3.63, 3.8) is 0 Å². The topological polar surface area (TPSA) is 72.0 Å². The Morgan fingerprint density at radius 2 is 2.27 bits per heavy atom. The van der Waals surface area contributed by atoms with Gasteiger partial charge in [0.2, 0.25) is 0 Å². The number of aromatic amines is 1. The minimum Gasteiger partial charge on any atom is -0.378 e. The van der Waals surface area contributed by atoms with E-state index >= 15 is 0 Å². The molecule has 0 fully saturated rings. The van der Waals surface area contributed by atoms with E-state index in [0.29, 0.717) is 17.1 Å². The van der Waals surface area contributed by atoms with Crippen LogP contribution in [0.15, 0.2) is 6.07 Å². The molecule has 7 heteroatoms. The van der Waals surface area contributed by atoms with Gasteiger partial charge < -0.3 is 9.72 Å². The van der Waals surface area contributed by atoms with E-state index in [0.717, 1.165) is 11.9 Å². The van der Waals surface area contributed by atoms with Gasteiger partial charge in [-0.2, -0.15) is 0 Å². The van der Waals surface area contributed by atoms with E-state index in [1.807, 2.05) is 0 Å². The zero-order valence-electron chi connectivity index (χ0n) is 8.48. The molecule has 0 aliphatic heterocycles. The Morgan fingerprint density at radius 1 is 1.60 bits per heavy atom. The number of methoxy groups -OCH3 is 1. The third-order valence-electron chi connectivity index (χ3n) is 1.55. The smallest absolute Gasteiger partial charge is 0.154 e. The maximum atomic E-state index is 11.1. The zero-order valence-corrected chi connectivity index (χ0v) is 10.1. The van der Waals surface area contributed by atoms with Crippen LogP contribution in [0.3, 0.4) is 0 Å². The third kappa shape index (κ3) is 4.50. The standard InChI is InChI=1S/C8H12N2O3S2/c1-13-4-6-3-8(14)10-7(9-6)5-15(2,11)12/h3H,4-5H2,1-2H3,(H,9,10,14). The van der Waals surface area contributed by atoms with Crippen molar-refractivity contribution in [2.45, 2.75) is 12.4 Å². The van der Waals surface area contributed by atoms with Crippen molar-refractivity contribution in [1.82, 2.24) is 9.97 Å². The van der Waals surface area contributed by atoms with Gasteiger partial charge in [0.1, 0.15) is 16.2 Å². The Labute approximate surface area is 93.4 Å². The number of nitrogens with one attached hydrogen (secondary N) is 1. The summed E-state index contributed by atoms with van der Waals surface area (Å²) in [7, 11) is -1.56. The van der Waals surface area contributed by atoms with Crippen molar-refractivity contribution in [1.29, 1.82) is 0 Å². The molecule has 1 N–H and O–H groups in total. The van der Waals surface area contributed by atoms with E-state index in [4.69, 9.17) is 17.0 Å². The summed E-state index contributed by atoms with van der Waals surface area (Å²) in [6, 6.07) is 1.64. The number of ether oxygens (including phenoxy) is 1. The largest absolute Gasteiger partial charge is 0.378 e. The average molecular weight is 248 g/mol. The molecule has 0 saturated carbocycles. The summed E-state index contributed by atoms with van der Waals surface area (Å²) in [5.41, 5.74) is 0.719. The first-order valence-corrected chi connectivity index (χ1v) is 6.63. The average Bonchev–Trinajstić information content (AvgIpc) is 1.99. The minimum absolute atomic E-state index is 0.145. The predicted octanol–water partition coefficient (Wildman–Crippen LogP) is 0.830. The first-order valence-electron chi connectivity index (χ1n) is 4.16. The van der Waals surface area contributed by atoms with Crippen LogP contribution in [0.2, 0.25) is 0 Å². The molecular weight excluding hydrogens is 236 g/mol. The number of aromatic nitrogens is 2. The van der Waals surface area contributed by atoms with Gasteiger partial charge in [-0.05, 0) is 6.07 Å². The molecule has 0 radical (unpaired) electrons. The van der Waals surface area contributed by atoms with Gasteiger partial charge in [-0.3, -0.25) is 0 Å². The van der Waals surface area contributed by atoms with Crippen molar-refractivity contribution in [3.05, 3.63) is 22.2 Å². The van der Waals surface area contributed by atoms with Crippen molar-refractivity contribution in [2.75, 3.05) is 13.4 Å². The van der Waals surface area contributed by atoms with Crippen molar-refractivity contribution in [2.24, 2.45) is 0 Å². The summed E-state index contributed by atoms with van der Waals surface area (Å²) in [6.07, 6.45) is 1.15. The van der Waals surface area contributed by atoms with Crippen LogP contribution in [0, 0.1) is 4.64 Å². The highest BCUT2D eigenvalue weighted by Crippen LogP contribution is 2.02. The molecule has 0 atom stereocenters. The number of hydrogen-bond donors (Lipinski definition) is 1. The molecule has 0 aromatic carbocycles. The maximum absolute atomic E-state index is 11.1. The minimum atomic E-state index is -3.11. The lowest BCUT2D eigenvalue weighted by molar-refractivity contribution is 0.181. The molecule has 1 aromatic rings. The quantitative estimate of drug-likeness (QED) is 0.799. The summed E-state index contributed by atoms with van der Waals surface area (Å²) in [5.74, 6) is 0.200. The monoisotopic (exact) mass is 248 g/mol. The van der Waals surface area contributed by atoms with Crippen LogP contribution in [0.5, 0.6) is 0 Å². The van der Waals surface area contributed by atoms with E-state index in [2.05, 4.69) is 9.97 Å². The number of H-pyrrole nitrogens is 1. The summed E-state index contributed by atoms with van der Waals surface area (Å²) < 4.78 is 27.4.